The fourth-order valence-corrected chi connectivity index (χ4v) is 0.900. The molecule has 0 saturated heterocycles. The average molecular weight is 212 g/mol. The minimum atomic E-state index is 0. The van der Waals surface area contributed by atoms with Crippen LogP contribution in [-0.2, 0) is 0 Å². The van der Waals surface area contributed by atoms with Crippen LogP contribution in [0.1, 0.15) is 11.1 Å². The monoisotopic (exact) mass is 212 g/mol. The van der Waals surface area contributed by atoms with Crippen molar-refractivity contribution in [1.29, 1.82) is 0 Å². The molecule has 0 aliphatic heterocycles. The van der Waals surface area contributed by atoms with E-state index in [0.29, 0.717) is 0 Å². The quantitative estimate of drug-likeness (QED) is 0.341. The van der Waals surface area contributed by atoms with E-state index in [1.165, 1.54) is 0 Å². The van der Waals surface area contributed by atoms with Gasteiger partial charge in [-0.15, -0.1) is 0 Å². The molecule has 0 aliphatic carbocycles. The van der Waals surface area contributed by atoms with Crippen LogP contribution in [0, 0.1) is 13.8 Å². The first-order valence-electron chi connectivity index (χ1n) is 3.06. The molecule has 0 unspecified atom stereocenters. The largest absolute Gasteiger partial charge is 1.00 e. The van der Waals surface area contributed by atoms with Crippen LogP contribution in [0.25, 0.3) is 0 Å². The molecule has 0 aromatic heterocycles. The van der Waals surface area contributed by atoms with Gasteiger partial charge in [0.15, 0.2) is 0 Å². The molecule has 0 aliphatic rings. The fraction of sp³-hybridized carbons (Fsp3) is 0.111. The van der Waals surface area contributed by atoms with E-state index in [1.54, 1.807) is 7.11 Å². The van der Waals surface area contributed by atoms with Crippen LogP contribution in [0.3, 0.4) is 0 Å². The van der Waals surface area contributed by atoms with Gasteiger partial charge in [0.05, 0.1) is 7.11 Å². The van der Waals surface area contributed by atoms with Crippen LogP contribution in [0.4, 0.5) is 0 Å². The maximum Gasteiger partial charge on any atom is 1.00 e. The number of rotatable bonds is 1. The zero-order valence-corrected chi connectivity index (χ0v) is 14.3. The first kappa shape index (κ1) is 16.5. The van der Waals surface area contributed by atoms with E-state index in [1.807, 2.05) is 18.2 Å². The second-order valence-corrected chi connectivity index (χ2v) is 2.11. The summed E-state index contributed by atoms with van der Waals surface area (Å²) in [6, 6.07) is 5.70. The number of ether oxygens (including phenoxy) is 1. The van der Waals surface area contributed by atoms with Gasteiger partial charge in [-0.25, -0.2) is 0 Å². The summed E-state index contributed by atoms with van der Waals surface area (Å²) in [6.07, 6.45) is 0. The summed E-state index contributed by atoms with van der Waals surface area (Å²) in [6.45, 7) is 7.57. The van der Waals surface area contributed by atoms with Crippen LogP contribution in [0.2, 0.25) is 0 Å². The Morgan fingerprint density at radius 3 is 1.75 bits per heavy atom. The SMILES string of the molecule is [CH2-]c1cccc([CH2-])c1OC.[K+].[K+]. The van der Waals surface area contributed by atoms with Crippen molar-refractivity contribution >= 4 is 0 Å². The molecule has 0 amide bonds. The molecular weight excluding hydrogens is 202 g/mol. The number of para-hydroxylation sites is 1. The zero-order valence-electron chi connectivity index (χ0n) is 8.05. The Morgan fingerprint density at radius 1 is 1.08 bits per heavy atom. The Morgan fingerprint density at radius 2 is 1.50 bits per heavy atom. The van der Waals surface area contributed by atoms with Gasteiger partial charge in [-0.3, -0.25) is 0 Å². The summed E-state index contributed by atoms with van der Waals surface area (Å²) in [5.41, 5.74) is 1.77. The molecule has 0 fully saturated rings. The van der Waals surface area contributed by atoms with E-state index >= 15 is 0 Å². The number of benzene rings is 1. The van der Waals surface area contributed by atoms with Crippen LogP contribution >= 0.6 is 0 Å². The Balaban J connectivity index is 0. The number of hydrogen-bond acceptors (Lipinski definition) is 1. The van der Waals surface area contributed by atoms with E-state index in [2.05, 4.69) is 13.8 Å². The normalized spacial score (nSPS) is 7.75. The van der Waals surface area contributed by atoms with E-state index in [4.69, 9.17) is 4.74 Å². The third-order valence-corrected chi connectivity index (χ3v) is 1.38. The van der Waals surface area contributed by atoms with Crippen molar-refractivity contribution in [2.24, 2.45) is 0 Å². The van der Waals surface area contributed by atoms with Crippen molar-refractivity contribution in [3.05, 3.63) is 43.2 Å². The van der Waals surface area contributed by atoms with E-state index < -0.39 is 0 Å². The van der Waals surface area contributed by atoms with Crippen molar-refractivity contribution in [2.45, 2.75) is 0 Å². The molecule has 0 bridgehead atoms. The summed E-state index contributed by atoms with van der Waals surface area (Å²) in [5, 5.41) is 0. The summed E-state index contributed by atoms with van der Waals surface area (Å²) >= 11 is 0. The van der Waals surface area contributed by atoms with Crippen LogP contribution in [-0.4, -0.2) is 7.11 Å². The second-order valence-electron chi connectivity index (χ2n) is 2.11. The summed E-state index contributed by atoms with van der Waals surface area (Å²) in [7, 11) is 1.62. The summed E-state index contributed by atoms with van der Waals surface area (Å²) in [4.78, 5) is 0. The van der Waals surface area contributed by atoms with Crippen molar-refractivity contribution in [2.75, 3.05) is 7.11 Å². The molecule has 0 radical (unpaired) electrons. The van der Waals surface area contributed by atoms with Gasteiger partial charge in [0, 0.05) is 0 Å². The predicted octanol–water partition coefficient (Wildman–Crippen LogP) is -3.93. The Labute approximate surface area is 159 Å². The number of hydrogen-bond donors (Lipinski definition) is 0. The molecule has 12 heavy (non-hydrogen) atoms. The van der Waals surface area contributed by atoms with Gasteiger partial charge in [0.25, 0.3) is 0 Å². The third kappa shape index (κ3) is 4.50. The molecule has 3 heteroatoms. The first-order chi connectivity index (χ1) is 4.75. The molecule has 54 valence electrons. The molecule has 1 nitrogen and oxygen atoms in total. The molecule has 1 aromatic carbocycles. The summed E-state index contributed by atoms with van der Waals surface area (Å²) in [5.74, 6) is 0.780. The Kier molecular flexibility index (Phi) is 11.5. The third-order valence-electron chi connectivity index (χ3n) is 1.38. The Bertz CT molecular complexity index is 216. The van der Waals surface area contributed by atoms with E-state index in [0.717, 1.165) is 16.9 Å². The summed E-state index contributed by atoms with van der Waals surface area (Å²) < 4.78 is 5.05. The smallest absolute Gasteiger partial charge is 0.555 e. The first-order valence-corrected chi connectivity index (χ1v) is 3.06. The van der Waals surface area contributed by atoms with Gasteiger partial charge in [-0.1, -0.05) is 0 Å². The Hall–Kier alpha value is 2.03. The van der Waals surface area contributed by atoms with E-state index in [9.17, 15) is 0 Å². The van der Waals surface area contributed by atoms with Gasteiger partial charge in [0.1, 0.15) is 0 Å². The second kappa shape index (κ2) is 8.35. The fourth-order valence-electron chi connectivity index (χ4n) is 0.900. The molecule has 1 rings (SSSR count). The minimum Gasteiger partial charge on any atom is -0.555 e. The predicted molar refractivity (Wildman–Crippen MR) is 41.9 cm³/mol. The average Bonchev–Trinajstić information content (AvgIpc) is 1.88. The zero-order chi connectivity index (χ0) is 7.56. The maximum atomic E-state index is 5.05. The van der Waals surface area contributed by atoms with Gasteiger partial charge in [-0.05, 0) is 5.75 Å². The van der Waals surface area contributed by atoms with Crippen molar-refractivity contribution in [3.63, 3.8) is 0 Å². The van der Waals surface area contributed by atoms with E-state index in [-0.39, 0.29) is 103 Å². The maximum absolute atomic E-state index is 5.05. The molecule has 0 saturated carbocycles. The van der Waals surface area contributed by atoms with Crippen molar-refractivity contribution < 1.29 is 108 Å². The van der Waals surface area contributed by atoms with Gasteiger partial charge < -0.3 is 4.74 Å². The topological polar surface area (TPSA) is 9.23 Å². The number of methoxy groups -OCH3 is 1. The van der Waals surface area contributed by atoms with Crippen LogP contribution in [0.15, 0.2) is 18.2 Å². The van der Waals surface area contributed by atoms with Gasteiger partial charge in [0.2, 0.25) is 0 Å². The van der Waals surface area contributed by atoms with Crippen molar-refractivity contribution in [3.8, 4) is 5.75 Å². The van der Waals surface area contributed by atoms with Gasteiger partial charge >= 0.3 is 103 Å². The molecular formula is C9H10K2O. The van der Waals surface area contributed by atoms with Crippen LogP contribution < -0.4 is 108 Å². The van der Waals surface area contributed by atoms with Crippen molar-refractivity contribution in [1.82, 2.24) is 0 Å². The van der Waals surface area contributed by atoms with Crippen LogP contribution in [0.5, 0.6) is 5.75 Å². The molecule has 0 atom stereocenters. The molecule has 0 heterocycles. The minimum absolute atomic E-state index is 0. The van der Waals surface area contributed by atoms with Gasteiger partial charge in [-0.2, -0.15) is 43.2 Å². The molecule has 0 N–H and O–H groups in total. The molecule has 1 aromatic rings. The molecule has 0 spiro atoms. The standard InChI is InChI=1S/C9H10O.2K/c1-7-5-4-6-8(2)9(7)10-3;;/h4-6H,1-2H2,3H3;;/q-2;2*+1.